The van der Waals surface area contributed by atoms with Crippen molar-refractivity contribution in [1.29, 1.82) is 0 Å². The van der Waals surface area contributed by atoms with Crippen LogP contribution in [0.1, 0.15) is 20.8 Å². The summed E-state index contributed by atoms with van der Waals surface area (Å²) in [6.07, 6.45) is 2.58. The van der Waals surface area contributed by atoms with E-state index in [4.69, 9.17) is 14.2 Å². The third-order valence-electron chi connectivity index (χ3n) is 5.84. The van der Waals surface area contributed by atoms with Crippen LogP contribution < -0.4 is 19.7 Å². The first-order valence-corrected chi connectivity index (χ1v) is 12.1. The minimum Gasteiger partial charge on any atom is -0.486 e. The number of nitrogens with one attached hydrogen (secondary N) is 1. The normalized spacial score (nSPS) is 15.4. The molecule has 2 aliphatic heterocycles. The summed E-state index contributed by atoms with van der Waals surface area (Å²) in [6.45, 7) is 8.99. The zero-order valence-electron chi connectivity index (χ0n) is 21.0. The molecular weight excluding hydrogens is 479 g/mol. The van der Waals surface area contributed by atoms with E-state index in [0.717, 1.165) is 11.9 Å². The van der Waals surface area contributed by atoms with Gasteiger partial charge in [-0.25, -0.2) is 24.1 Å². The number of benzene rings is 1. The number of pyridine rings is 1. The molecule has 1 saturated heterocycles. The van der Waals surface area contributed by atoms with Crippen molar-refractivity contribution >= 4 is 23.5 Å². The van der Waals surface area contributed by atoms with Crippen molar-refractivity contribution < 1.29 is 23.4 Å². The Balaban J connectivity index is 1.23. The van der Waals surface area contributed by atoms with Gasteiger partial charge >= 0.3 is 6.09 Å². The lowest BCUT2D eigenvalue weighted by Gasteiger charge is -2.36. The number of nitrogens with zero attached hydrogens (tertiary/aromatic N) is 5. The third-order valence-corrected chi connectivity index (χ3v) is 5.84. The average Bonchev–Trinajstić information content (AvgIpc) is 2.89. The molecule has 0 radical (unpaired) electrons. The molecule has 0 aliphatic carbocycles. The van der Waals surface area contributed by atoms with Gasteiger partial charge in [-0.15, -0.1) is 0 Å². The Morgan fingerprint density at radius 3 is 2.46 bits per heavy atom. The molecule has 1 amide bonds. The van der Waals surface area contributed by atoms with E-state index in [1.165, 1.54) is 0 Å². The Kier molecular flexibility index (Phi) is 6.68. The van der Waals surface area contributed by atoms with E-state index in [0.29, 0.717) is 62.3 Å². The zero-order chi connectivity index (χ0) is 26.0. The van der Waals surface area contributed by atoms with Gasteiger partial charge in [0.25, 0.3) is 0 Å². The number of fused-ring (bicyclic) bond motifs is 1. The molecule has 1 fully saturated rings. The second-order valence-electron chi connectivity index (χ2n) is 9.73. The number of piperazine rings is 1. The summed E-state index contributed by atoms with van der Waals surface area (Å²) < 4.78 is 31.2. The molecule has 0 bridgehead atoms. The Morgan fingerprint density at radius 1 is 1.00 bits per heavy atom. The second-order valence-corrected chi connectivity index (χ2v) is 9.73. The summed E-state index contributed by atoms with van der Waals surface area (Å²) in [5.74, 6) is 1.38. The molecule has 0 unspecified atom stereocenters. The maximum Gasteiger partial charge on any atom is 0.410 e. The van der Waals surface area contributed by atoms with Gasteiger partial charge in [-0.3, -0.25) is 0 Å². The highest BCUT2D eigenvalue weighted by molar-refractivity contribution is 5.69. The summed E-state index contributed by atoms with van der Waals surface area (Å²) in [5, 5.41) is 3.03. The lowest BCUT2D eigenvalue weighted by molar-refractivity contribution is 0.0240. The van der Waals surface area contributed by atoms with Gasteiger partial charge in [-0.05, 0) is 51.1 Å². The number of carbonyl (C=O) groups is 1. The molecule has 5 rings (SSSR count). The van der Waals surface area contributed by atoms with Gasteiger partial charge in [0.15, 0.2) is 17.3 Å². The molecule has 10 nitrogen and oxygen atoms in total. The van der Waals surface area contributed by atoms with Crippen LogP contribution in [0.15, 0.2) is 42.7 Å². The predicted octanol–water partition coefficient (Wildman–Crippen LogP) is 4.25. The fraction of sp³-hybridized carbons (Fsp3) is 0.385. The monoisotopic (exact) mass is 508 g/mol. The summed E-state index contributed by atoms with van der Waals surface area (Å²) >= 11 is 0. The van der Waals surface area contributed by atoms with Crippen LogP contribution >= 0.6 is 0 Å². The number of rotatable bonds is 4. The minimum absolute atomic E-state index is 0.147. The van der Waals surface area contributed by atoms with Gasteiger partial charge in [-0.1, -0.05) is 0 Å². The molecule has 0 saturated carbocycles. The molecule has 37 heavy (non-hydrogen) atoms. The van der Waals surface area contributed by atoms with Crippen molar-refractivity contribution in [2.24, 2.45) is 0 Å². The summed E-state index contributed by atoms with van der Waals surface area (Å²) in [4.78, 5) is 29.0. The number of hydrogen-bond acceptors (Lipinski definition) is 9. The second kappa shape index (κ2) is 10.1. The molecule has 2 aliphatic rings. The van der Waals surface area contributed by atoms with E-state index in [1.54, 1.807) is 29.3 Å². The zero-order valence-corrected chi connectivity index (χ0v) is 21.0. The van der Waals surface area contributed by atoms with Crippen molar-refractivity contribution in [3.05, 3.63) is 48.5 Å². The van der Waals surface area contributed by atoms with Crippen LogP contribution in [0.5, 0.6) is 11.5 Å². The quantitative estimate of drug-likeness (QED) is 0.554. The summed E-state index contributed by atoms with van der Waals surface area (Å²) in [6, 6.07) is 8.93. The van der Waals surface area contributed by atoms with Crippen molar-refractivity contribution in [1.82, 2.24) is 19.9 Å². The fourth-order valence-corrected chi connectivity index (χ4v) is 4.06. The highest BCUT2D eigenvalue weighted by Crippen LogP contribution is 2.35. The maximum absolute atomic E-state index is 14.6. The van der Waals surface area contributed by atoms with Crippen molar-refractivity contribution in [3.8, 4) is 22.8 Å². The molecule has 1 N–H and O–H groups in total. The summed E-state index contributed by atoms with van der Waals surface area (Å²) in [7, 11) is 0. The van der Waals surface area contributed by atoms with Crippen LogP contribution in [-0.4, -0.2) is 70.9 Å². The number of amides is 1. The van der Waals surface area contributed by atoms with Gasteiger partial charge in [-0.2, -0.15) is 0 Å². The number of hydrogen-bond donors (Lipinski definition) is 1. The Hall–Kier alpha value is -4.15. The first kappa shape index (κ1) is 24.5. The SMILES string of the molecule is CC(C)(C)OC(=O)N1CCN(c2ccc(Nc3ncc(F)c(-c4ccc5c(c4)OCCO5)n3)nc2)CC1. The highest BCUT2D eigenvalue weighted by atomic mass is 19.1. The smallest absolute Gasteiger partial charge is 0.410 e. The number of anilines is 3. The molecular formula is C26H29FN6O4. The molecule has 2 aromatic heterocycles. The summed E-state index contributed by atoms with van der Waals surface area (Å²) in [5.41, 5.74) is 1.13. The molecule has 1 aromatic carbocycles. The Morgan fingerprint density at radius 2 is 1.76 bits per heavy atom. The van der Waals surface area contributed by atoms with Gasteiger partial charge in [0.05, 0.1) is 18.1 Å². The number of aromatic nitrogens is 3. The third kappa shape index (κ3) is 5.82. The number of carbonyl (C=O) groups excluding carboxylic acids is 1. The van der Waals surface area contributed by atoms with Crippen LogP contribution in [0.25, 0.3) is 11.3 Å². The van der Waals surface area contributed by atoms with Gasteiger partial charge in [0.2, 0.25) is 5.95 Å². The molecule has 0 atom stereocenters. The van der Waals surface area contributed by atoms with Crippen LogP contribution in [-0.2, 0) is 4.74 Å². The maximum atomic E-state index is 14.6. The van der Waals surface area contributed by atoms with E-state index in [-0.39, 0.29) is 17.7 Å². The molecule has 3 aromatic rings. The Bertz CT molecular complexity index is 1270. The van der Waals surface area contributed by atoms with Crippen molar-refractivity contribution in [3.63, 3.8) is 0 Å². The van der Waals surface area contributed by atoms with E-state index < -0.39 is 11.4 Å². The van der Waals surface area contributed by atoms with Gasteiger partial charge in [0, 0.05) is 31.7 Å². The topological polar surface area (TPSA) is 102 Å². The average molecular weight is 509 g/mol. The standard InChI is InChI=1S/C26H29FN6O4/c1-26(2,3)37-25(34)33-10-8-32(9-11-33)18-5-7-22(28-15-18)30-24-29-16-19(27)23(31-24)17-4-6-20-21(14-17)36-13-12-35-20/h4-7,14-16H,8-13H2,1-3H3,(H,28,29,30,31). The molecule has 4 heterocycles. The van der Waals surface area contributed by atoms with Crippen LogP contribution in [0.3, 0.4) is 0 Å². The Labute approximate surface area is 214 Å². The minimum atomic E-state index is -0.545. The van der Waals surface area contributed by atoms with Crippen LogP contribution in [0.4, 0.5) is 26.6 Å². The van der Waals surface area contributed by atoms with Crippen molar-refractivity contribution in [2.45, 2.75) is 26.4 Å². The van der Waals surface area contributed by atoms with Crippen molar-refractivity contribution in [2.75, 3.05) is 49.6 Å². The largest absolute Gasteiger partial charge is 0.486 e. The number of halogens is 1. The van der Waals surface area contributed by atoms with Crippen LogP contribution in [0.2, 0.25) is 0 Å². The first-order chi connectivity index (χ1) is 17.7. The fourth-order valence-electron chi connectivity index (χ4n) is 4.06. The lowest BCUT2D eigenvalue weighted by Crippen LogP contribution is -2.50. The van der Waals surface area contributed by atoms with Crippen LogP contribution in [0, 0.1) is 5.82 Å². The highest BCUT2D eigenvalue weighted by Gasteiger charge is 2.26. The van der Waals surface area contributed by atoms with E-state index in [9.17, 15) is 9.18 Å². The van der Waals surface area contributed by atoms with E-state index in [1.807, 2.05) is 32.9 Å². The first-order valence-electron chi connectivity index (χ1n) is 12.1. The number of ether oxygens (including phenoxy) is 3. The van der Waals surface area contributed by atoms with E-state index >= 15 is 0 Å². The molecule has 0 spiro atoms. The molecule has 194 valence electrons. The lowest BCUT2D eigenvalue weighted by atomic mass is 10.1. The van der Waals surface area contributed by atoms with Gasteiger partial charge in [0.1, 0.15) is 30.3 Å². The predicted molar refractivity (Wildman–Crippen MR) is 136 cm³/mol. The van der Waals surface area contributed by atoms with E-state index in [2.05, 4.69) is 25.2 Å². The van der Waals surface area contributed by atoms with Gasteiger partial charge < -0.3 is 29.3 Å². The molecule has 11 heteroatoms.